The van der Waals surface area contributed by atoms with Gasteiger partial charge in [0.1, 0.15) is 5.75 Å². The van der Waals surface area contributed by atoms with E-state index in [0.29, 0.717) is 12.2 Å². The van der Waals surface area contributed by atoms with E-state index in [0.717, 1.165) is 22.3 Å². The molecule has 3 nitrogen and oxygen atoms in total. The molecule has 19 heavy (non-hydrogen) atoms. The highest BCUT2D eigenvalue weighted by atomic mass is 16.3. The van der Waals surface area contributed by atoms with Crippen LogP contribution in [0.1, 0.15) is 43.0 Å². The van der Waals surface area contributed by atoms with Gasteiger partial charge in [0.15, 0.2) is 0 Å². The van der Waals surface area contributed by atoms with Gasteiger partial charge in [-0.2, -0.15) is 0 Å². The Kier molecular flexibility index (Phi) is 4.28. The summed E-state index contributed by atoms with van der Waals surface area (Å²) in [4.78, 5) is 13.4. The maximum absolute atomic E-state index is 11.9. The molecule has 0 saturated heterocycles. The molecule has 1 rings (SSSR count). The molecule has 0 fully saturated rings. The molecule has 0 aliphatic carbocycles. The normalized spacial score (nSPS) is 11.5. The number of nitrogens with zero attached hydrogens (tertiary/aromatic N) is 1. The summed E-state index contributed by atoms with van der Waals surface area (Å²) in [5, 5.41) is 10.4. The summed E-state index contributed by atoms with van der Waals surface area (Å²) in [7, 11) is 3.49. The highest BCUT2D eigenvalue weighted by Crippen LogP contribution is 2.36. The zero-order valence-electron chi connectivity index (χ0n) is 13.1. The van der Waals surface area contributed by atoms with Crippen LogP contribution in [-0.2, 0) is 16.6 Å². The van der Waals surface area contributed by atoms with Crippen molar-refractivity contribution < 1.29 is 9.90 Å². The first-order valence-corrected chi connectivity index (χ1v) is 6.58. The fraction of sp³-hybridized carbons (Fsp3) is 0.562. The van der Waals surface area contributed by atoms with Crippen molar-refractivity contribution in [1.82, 2.24) is 4.90 Å². The standard InChI is InChI=1S/C16H25NO2/c1-10-8-13(16(3,4)5)15(19)11(2)12(10)9-14(18)17(6)7/h8,19H,9H2,1-7H3. The number of carbonyl (C=O) groups is 1. The highest BCUT2D eigenvalue weighted by molar-refractivity contribution is 5.79. The van der Waals surface area contributed by atoms with E-state index in [2.05, 4.69) is 20.8 Å². The lowest BCUT2D eigenvalue weighted by atomic mass is 9.82. The van der Waals surface area contributed by atoms with Crippen LogP contribution in [0, 0.1) is 13.8 Å². The van der Waals surface area contributed by atoms with E-state index >= 15 is 0 Å². The van der Waals surface area contributed by atoms with Gasteiger partial charge < -0.3 is 10.0 Å². The second-order valence-corrected chi connectivity index (χ2v) is 6.41. The number of benzene rings is 1. The molecule has 1 aromatic rings. The summed E-state index contributed by atoms with van der Waals surface area (Å²) < 4.78 is 0. The molecule has 0 bridgehead atoms. The number of aromatic hydroxyl groups is 1. The van der Waals surface area contributed by atoms with Gasteiger partial charge in [-0.25, -0.2) is 0 Å². The van der Waals surface area contributed by atoms with Crippen LogP contribution >= 0.6 is 0 Å². The van der Waals surface area contributed by atoms with Crippen LogP contribution in [0.4, 0.5) is 0 Å². The van der Waals surface area contributed by atoms with Gasteiger partial charge in [-0.15, -0.1) is 0 Å². The summed E-state index contributed by atoms with van der Waals surface area (Å²) in [5.74, 6) is 0.369. The molecular weight excluding hydrogens is 238 g/mol. The third-order valence-electron chi connectivity index (χ3n) is 3.53. The number of hydrogen-bond donors (Lipinski definition) is 1. The third-order valence-corrected chi connectivity index (χ3v) is 3.53. The minimum Gasteiger partial charge on any atom is -0.507 e. The smallest absolute Gasteiger partial charge is 0.226 e. The van der Waals surface area contributed by atoms with Crippen molar-refractivity contribution in [3.8, 4) is 5.75 Å². The molecule has 0 aliphatic heterocycles. The molecule has 0 aliphatic rings. The zero-order chi connectivity index (χ0) is 15.0. The molecule has 0 radical (unpaired) electrons. The largest absolute Gasteiger partial charge is 0.507 e. The number of carbonyl (C=O) groups excluding carboxylic acids is 1. The van der Waals surface area contributed by atoms with Crippen molar-refractivity contribution in [1.29, 1.82) is 0 Å². The highest BCUT2D eigenvalue weighted by Gasteiger charge is 2.23. The first kappa shape index (κ1) is 15.5. The van der Waals surface area contributed by atoms with Crippen molar-refractivity contribution in [2.45, 2.75) is 46.5 Å². The Morgan fingerprint density at radius 2 is 1.79 bits per heavy atom. The minimum atomic E-state index is -0.107. The van der Waals surface area contributed by atoms with E-state index in [1.54, 1.807) is 19.0 Å². The van der Waals surface area contributed by atoms with Gasteiger partial charge in [0.2, 0.25) is 5.91 Å². The van der Waals surface area contributed by atoms with Gasteiger partial charge in [0, 0.05) is 14.1 Å². The van der Waals surface area contributed by atoms with Crippen LogP contribution in [0.2, 0.25) is 0 Å². The van der Waals surface area contributed by atoms with Crippen LogP contribution in [0.3, 0.4) is 0 Å². The van der Waals surface area contributed by atoms with E-state index in [4.69, 9.17) is 0 Å². The van der Waals surface area contributed by atoms with Crippen LogP contribution in [0.5, 0.6) is 5.75 Å². The lowest BCUT2D eigenvalue weighted by Crippen LogP contribution is -2.24. The molecule has 1 N–H and O–H groups in total. The number of rotatable bonds is 2. The Hall–Kier alpha value is -1.51. The Morgan fingerprint density at radius 1 is 1.26 bits per heavy atom. The molecule has 0 atom stereocenters. The Bertz CT molecular complexity index is 496. The quantitative estimate of drug-likeness (QED) is 0.891. The van der Waals surface area contributed by atoms with Crippen LogP contribution in [0.25, 0.3) is 0 Å². The summed E-state index contributed by atoms with van der Waals surface area (Å²) in [6.45, 7) is 10.1. The monoisotopic (exact) mass is 263 g/mol. The SMILES string of the molecule is Cc1cc(C(C)(C)C)c(O)c(C)c1CC(=O)N(C)C. The third kappa shape index (κ3) is 3.28. The summed E-state index contributed by atoms with van der Waals surface area (Å²) in [5.41, 5.74) is 3.65. The van der Waals surface area contributed by atoms with Crippen molar-refractivity contribution in [3.63, 3.8) is 0 Å². The molecule has 0 saturated carbocycles. The number of phenols is 1. The Balaban J connectivity index is 3.31. The van der Waals surface area contributed by atoms with Crippen molar-refractivity contribution in [2.24, 2.45) is 0 Å². The molecular formula is C16H25NO2. The van der Waals surface area contributed by atoms with Gasteiger partial charge in [-0.05, 0) is 41.5 Å². The number of aryl methyl sites for hydroxylation is 1. The molecule has 0 heterocycles. The number of hydrogen-bond acceptors (Lipinski definition) is 2. The van der Waals surface area contributed by atoms with E-state index in [1.165, 1.54) is 0 Å². The first-order chi connectivity index (χ1) is 8.55. The first-order valence-electron chi connectivity index (χ1n) is 6.58. The number of phenolic OH excluding ortho intramolecular Hbond substituents is 1. The topological polar surface area (TPSA) is 40.5 Å². The van der Waals surface area contributed by atoms with Gasteiger partial charge >= 0.3 is 0 Å². The van der Waals surface area contributed by atoms with E-state index in [-0.39, 0.29) is 11.3 Å². The molecule has 0 spiro atoms. The molecule has 0 unspecified atom stereocenters. The minimum absolute atomic E-state index is 0.0501. The molecule has 1 aromatic carbocycles. The molecule has 1 amide bonds. The maximum atomic E-state index is 11.9. The lowest BCUT2D eigenvalue weighted by Gasteiger charge is -2.24. The van der Waals surface area contributed by atoms with Crippen LogP contribution in [-0.4, -0.2) is 30.0 Å². The lowest BCUT2D eigenvalue weighted by molar-refractivity contribution is -0.127. The van der Waals surface area contributed by atoms with Crippen molar-refractivity contribution >= 4 is 5.91 Å². The average Bonchev–Trinajstić information content (AvgIpc) is 2.27. The van der Waals surface area contributed by atoms with Gasteiger partial charge in [-0.3, -0.25) is 4.79 Å². The Labute approximate surface area is 116 Å². The average molecular weight is 263 g/mol. The van der Waals surface area contributed by atoms with E-state index < -0.39 is 0 Å². The van der Waals surface area contributed by atoms with Gasteiger partial charge in [0.25, 0.3) is 0 Å². The fourth-order valence-corrected chi connectivity index (χ4v) is 2.17. The second kappa shape index (κ2) is 5.24. The van der Waals surface area contributed by atoms with Gasteiger partial charge in [-0.1, -0.05) is 26.8 Å². The van der Waals surface area contributed by atoms with E-state index in [9.17, 15) is 9.90 Å². The van der Waals surface area contributed by atoms with Crippen LogP contribution < -0.4 is 0 Å². The Morgan fingerprint density at radius 3 is 2.21 bits per heavy atom. The predicted molar refractivity (Wildman–Crippen MR) is 78.7 cm³/mol. The zero-order valence-corrected chi connectivity index (χ0v) is 13.1. The van der Waals surface area contributed by atoms with E-state index in [1.807, 2.05) is 19.9 Å². The van der Waals surface area contributed by atoms with Crippen molar-refractivity contribution in [3.05, 3.63) is 28.3 Å². The van der Waals surface area contributed by atoms with Crippen LogP contribution in [0.15, 0.2) is 6.07 Å². The summed E-state index contributed by atoms with van der Waals surface area (Å²) in [6.07, 6.45) is 0.336. The molecule has 3 heteroatoms. The summed E-state index contributed by atoms with van der Waals surface area (Å²) >= 11 is 0. The number of amides is 1. The predicted octanol–water partition coefficient (Wildman–Crippen LogP) is 2.94. The molecule has 0 aromatic heterocycles. The fourth-order valence-electron chi connectivity index (χ4n) is 2.17. The van der Waals surface area contributed by atoms with Gasteiger partial charge in [0.05, 0.1) is 6.42 Å². The maximum Gasteiger partial charge on any atom is 0.226 e. The summed E-state index contributed by atoms with van der Waals surface area (Å²) in [6, 6.07) is 2.00. The van der Waals surface area contributed by atoms with Crippen molar-refractivity contribution in [2.75, 3.05) is 14.1 Å². The molecule has 106 valence electrons. The second-order valence-electron chi connectivity index (χ2n) is 6.41. The number of likely N-dealkylation sites (N-methyl/N-ethyl adjacent to an activating group) is 1.